The summed E-state index contributed by atoms with van der Waals surface area (Å²) >= 11 is 0. The average molecular weight is 447 g/mol. The van der Waals surface area contributed by atoms with Crippen molar-refractivity contribution < 1.29 is 23.4 Å². The van der Waals surface area contributed by atoms with Gasteiger partial charge in [-0.25, -0.2) is 9.38 Å². The van der Waals surface area contributed by atoms with Gasteiger partial charge in [0.2, 0.25) is 5.55 Å². The lowest BCUT2D eigenvalue weighted by Crippen LogP contribution is -2.22. The minimum Gasteiger partial charge on any atom is -0.494 e. The van der Waals surface area contributed by atoms with E-state index in [0.717, 1.165) is 0 Å². The number of carbonyl (C=O) groups excluding carboxylic acids is 1. The van der Waals surface area contributed by atoms with Crippen molar-refractivity contribution in [1.82, 2.24) is 4.98 Å². The van der Waals surface area contributed by atoms with E-state index >= 15 is 0 Å². The van der Waals surface area contributed by atoms with E-state index in [-0.39, 0.29) is 17.7 Å². The first kappa shape index (κ1) is 22.2. The lowest BCUT2D eigenvalue weighted by Gasteiger charge is -2.10. The lowest BCUT2D eigenvalue weighted by molar-refractivity contribution is 0.102. The van der Waals surface area contributed by atoms with Crippen molar-refractivity contribution in [2.24, 2.45) is 4.99 Å². The SMILES string of the molecule is CCOc1ccc(N=c2oc3c(C)ncc(CO)c3cc2C(=O)Nc2cccc(F)c2)cc1. The minimum atomic E-state index is -0.533. The second-order valence-electron chi connectivity index (χ2n) is 7.24. The number of anilines is 1. The van der Waals surface area contributed by atoms with Crippen molar-refractivity contribution in [3.8, 4) is 5.75 Å². The standard InChI is InChI=1S/C25H22FN3O4/c1-3-32-20-9-7-18(8-10-20)29-25-22(24(31)28-19-6-4-5-17(26)11-19)12-21-16(14-30)13-27-15(2)23(21)33-25/h4-13,30H,3,14H2,1-2H3,(H,28,31). The topological polar surface area (TPSA) is 97.0 Å². The van der Waals surface area contributed by atoms with Gasteiger partial charge in [-0.1, -0.05) is 6.07 Å². The van der Waals surface area contributed by atoms with Gasteiger partial charge in [0.25, 0.3) is 5.91 Å². The van der Waals surface area contributed by atoms with Crippen LogP contribution in [0.4, 0.5) is 15.8 Å². The van der Waals surface area contributed by atoms with Crippen LogP contribution >= 0.6 is 0 Å². The number of rotatable bonds is 6. The van der Waals surface area contributed by atoms with Gasteiger partial charge in [0.1, 0.15) is 17.1 Å². The highest BCUT2D eigenvalue weighted by atomic mass is 19.1. The Hall–Kier alpha value is -4.04. The molecular formula is C25H22FN3O4. The molecule has 2 aromatic carbocycles. The molecule has 1 amide bonds. The number of carbonyl (C=O) groups is 1. The summed E-state index contributed by atoms with van der Waals surface area (Å²) in [4.78, 5) is 21.9. The molecule has 2 aromatic heterocycles. The highest BCUT2D eigenvalue weighted by molar-refractivity contribution is 6.05. The Balaban J connectivity index is 1.87. The van der Waals surface area contributed by atoms with Crippen molar-refractivity contribution in [1.29, 1.82) is 0 Å². The van der Waals surface area contributed by atoms with Crippen molar-refractivity contribution in [3.05, 3.63) is 89.0 Å². The van der Waals surface area contributed by atoms with Gasteiger partial charge in [-0.3, -0.25) is 9.78 Å². The van der Waals surface area contributed by atoms with Crippen LogP contribution in [0, 0.1) is 12.7 Å². The summed E-state index contributed by atoms with van der Waals surface area (Å²) in [7, 11) is 0. The zero-order valence-corrected chi connectivity index (χ0v) is 18.1. The maximum Gasteiger partial charge on any atom is 0.261 e. The molecule has 2 N–H and O–H groups in total. The Morgan fingerprint density at radius 3 is 2.70 bits per heavy atom. The first-order valence-electron chi connectivity index (χ1n) is 10.4. The van der Waals surface area contributed by atoms with Crippen LogP contribution < -0.4 is 15.6 Å². The first-order valence-corrected chi connectivity index (χ1v) is 10.4. The van der Waals surface area contributed by atoms with Crippen LogP contribution in [-0.2, 0) is 6.61 Å². The molecule has 7 nitrogen and oxygen atoms in total. The molecule has 33 heavy (non-hydrogen) atoms. The van der Waals surface area contributed by atoms with E-state index in [4.69, 9.17) is 9.15 Å². The largest absolute Gasteiger partial charge is 0.494 e. The quantitative estimate of drug-likeness (QED) is 0.448. The van der Waals surface area contributed by atoms with Crippen LogP contribution in [0.5, 0.6) is 5.75 Å². The van der Waals surface area contributed by atoms with E-state index < -0.39 is 11.7 Å². The normalized spacial score (nSPS) is 11.6. The van der Waals surface area contributed by atoms with Gasteiger partial charge in [0, 0.05) is 22.8 Å². The van der Waals surface area contributed by atoms with Crippen molar-refractivity contribution in [2.45, 2.75) is 20.5 Å². The maximum absolute atomic E-state index is 13.6. The third kappa shape index (κ3) is 4.91. The molecule has 0 unspecified atom stereocenters. The number of nitrogens with zero attached hydrogens (tertiary/aromatic N) is 2. The number of amides is 1. The van der Waals surface area contributed by atoms with Crippen LogP contribution in [0.2, 0.25) is 0 Å². The molecular weight excluding hydrogens is 425 g/mol. The lowest BCUT2D eigenvalue weighted by atomic mass is 10.1. The fraction of sp³-hybridized carbons (Fsp3) is 0.160. The Labute approximate surface area is 189 Å². The third-order valence-electron chi connectivity index (χ3n) is 4.93. The fourth-order valence-electron chi connectivity index (χ4n) is 3.33. The van der Waals surface area contributed by atoms with Crippen LogP contribution in [0.3, 0.4) is 0 Å². The van der Waals surface area contributed by atoms with Gasteiger partial charge in [-0.15, -0.1) is 0 Å². The second-order valence-corrected chi connectivity index (χ2v) is 7.24. The van der Waals surface area contributed by atoms with Crippen molar-refractivity contribution in [3.63, 3.8) is 0 Å². The van der Waals surface area contributed by atoms with Crippen molar-refractivity contribution >= 4 is 28.3 Å². The van der Waals surface area contributed by atoms with Gasteiger partial charge >= 0.3 is 0 Å². The molecule has 4 rings (SSSR count). The summed E-state index contributed by atoms with van der Waals surface area (Å²) in [6, 6.07) is 14.2. The first-order chi connectivity index (χ1) is 16.0. The Morgan fingerprint density at radius 1 is 1.21 bits per heavy atom. The molecule has 0 aliphatic heterocycles. The summed E-state index contributed by atoms with van der Waals surface area (Å²) < 4.78 is 25.1. The van der Waals surface area contributed by atoms with E-state index in [0.29, 0.717) is 46.0 Å². The summed E-state index contributed by atoms with van der Waals surface area (Å²) in [6.07, 6.45) is 1.53. The summed E-state index contributed by atoms with van der Waals surface area (Å²) in [5, 5.41) is 12.9. The molecule has 168 valence electrons. The number of hydrogen-bond acceptors (Lipinski definition) is 6. The summed E-state index contributed by atoms with van der Waals surface area (Å²) in [5.74, 6) is -0.308. The molecule has 0 radical (unpaired) electrons. The molecule has 0 atom stereocenters. The molecule has 0 bridgehead atoms. The predicted molar refractivity (Wildman–Crippen MR) is 122 cm³/mol. The molecule has 0 saturated heterocycles. The average Bonchev–Trinajstić information content (AvgIpc) is 2.81. The number of ether oxygens (including phenoxy) is 1. The zero-order valence-electron chi connectivity index (χ0n) is 18.1. The van der Waals surface area contributed by atoms with E-state index in [9.17, 15) is 14.3 Å². The maximum atomic E-state index is 13.6. The molecule has 0 fully saturated rings. The number of fused-ring (bicyclic) bond motifs is 1. The molecule has 0 saturated carbocycles. The Bertz CT molecular complexity index is 1380. The second kappa shape index (κ2) is 9.62. The van der Waals surface area contributed by atoms with Crippen molar-refractivity contribution in [2.75, 3.05) is 11.9 Å². The van der Waals surface area contributed by atoms with E-state index in [2.05, 4.69) is 15.3 Å². The fourth-order valence-corrected chi connectivity index (χ4v) is 3.33. The van der Waals surface area contributed by atoms with Gasteiger partial charge in [-0.2, -0.15) is 0 Å². The Kier molecular flexibility index (Phi) is 6.46. The number of benzene rings is 2. The number of nitrogens with one attached hydrogen (secondary N) is 1. The number of pyridine rings is 1. The number of hydrogen-bond donors (Lipinski definition) is 2. The monoisotopic (exact) mass is 447 g/mol. The van der Waals surface area contributed by atoms with E-state index in [1.54, 1.807) is 43.3 Å². The van der Waals surface area contributed by atoms with Gasteiger partial charge in [0.05, 0.1) is 24.6 Å². The number of aromatic nitrogens is 1. The van der Waals surface area contributed by atoms with Crippen LogP contribution in [0.1, 0.15) is 28.5 Å². The summed E-state index contributed by atoms with van der Waals surface area (Å²) in [6.45, 7) is 3.92. The molecule has 2 heterocycles. The van der Waals surface area contributed by atoms with Crippen LogP contribution in [-0.4, -0.2) is 22.6 Å². The summed E-state index contributed by atoms with van der Waals surface area (Å²) in [5.41, 5.74) is 2.52. The Morgan fingerprint density at radius 2 is 2.00 bits per heavy atom. The molecule has 0 aliphatic rings. The van der Waals surface area contributed by atoms with Gasteiger partial charge in [0.15, 0.2) is 5.58 Å². The minimum absolute atomic E-state index is 0.0561. The number of aliphatic hydroxyl groups is 1. The highest BCUT2D eigenvalue weighted by Crippen LogP contribution is 2.23. The molecule has 8 heteroatoms. The number of aryl methyl sites for hydroxylation is 1. The van der Waals surface area contributed by atoms with Crippen LogP contribution in [0.25, 0.3) is 11.0 Å². The zero-order chi connectivity index (χ0) is 23.4. The van der Waals surface area contributed by atoms with E-state index in [1.807, 2.05) is 6.92 Å². The molecule has 0 aliphatic carbocycles. The highest BCUT2D eigenvalue weighted by Gasteiger charge is 2.17. The third-order valence-corrected chi connectivity index (χ3v) is 4.93. The number of aliphatic hydroxyl groups excluding tert-OH is 1. The molecule has 4 aromatic rings. The van der Waals surface area contributed by atoms with Gasteiger partial charge in [-0.05, 0) is 62.4 Å². The molecule has 0 spiro atoms. The van der Waals surface area contributed by atoms with Crippen LogP contribution in [0.15, 0.2) is 70.2 Å². The van der Waals surface area contributed by atoms with Gasteiger partial charge < -0.3 is 19.6 Å². The smallest absolute Gasteiger partial charge is 0.261 e. The van der Waals surface area contributed by atoms with E-state index in [1.165, 1.54) is 24.4 Å². The predicted octanol–water partition coefficient (Wildman–Crippen LogP) is 4.65. The number of halogens is 1.